The molecule has 1 aliphatic rings. The Balaban J connectivity index is 1.85. The molecule has 2 nitrogen and oxygen atoms in total. The van der Waals surface area contributed by atoms with Crippen LogP contribution in [0.3, 0.4) is 0 Å². The third-order valence-corrected chi connectivity index (χ3v) is 4.95. The van der Waals surface area contributed by atoms with Crippen LogP contribution in [0, 0.1) is 0 Å². The van der Waals surface area contributed by atoms with E-state index in [2.05, 4.69) is 11.8 Å². The van der Waals surface area contributed by atoms with Gasteiger partial charge in [-0.05, 0) is 19.3 Å². The van der Waals surface area contributed by atoms with E-state index in [9.17, 15) is 4.79 Å². The summed E-state index contributed by atoms with van der Waals surface area (Å²) in [4.78, 5) is 14.3. The first kappa shape index (κ1) is 19.5. The van der Waals surface area contributed by atoms with E-state index in [-0.39, 0.29) is 0 Å². The summed E-state index contributed by atoms with van der Waals surface area (Å²) in [7, 11) is 0. The highest BCUT2D eigenvalue weighted by Crippen LogP contribution is 2.14. The molecule has 0 bridgehead atoms. The molecule has 0 aromatic heterocycles. The van der Waals surface area contributed by atoms with E-state index in [4.69, 9.17) is 0 Å². The maximum Gasteiger partial charge on any atom is 0.222 e. The number of carbonyl (C=O) groups is 1. The Morgan fingerprint density at radius 1 is 0.682 bits per heavy atom. The molecule has 130 valence electrons. The molecule has 1 aliphatic heterocycles. The van der Waals surface area contributed by atoms with Gasteiger partial charge in [-0.3, -0.25) is 4.79 Å². The minimum Gasteiger partial charge on any atom is -0.343 e. The van der Waals surface area contributed by atoms with Gasteiger partial charge in [0, 0.05) is 19.5 Å². The number of unbranched alkanes of at least 4 members (excludes halogenated alkanes) is 10. The first-order valence-corrected chi connectivity index (χ1v) is 10.1. The Kier molecular flexibility index (Phi) is 12.5. The molecule has 22 heavy (non-hydrogen) atoms. The molecule has 0 radical (unpaired) electrons. The normalized spacial score (nSPS) is 15.8. The number of rotatable bonds is 12. The van der Waals surface area contributed by atoms with Crippen molar-refractivity contribution in [2.24, 2.45) is 0 Å². The Hall–Kier alpha value is -0.530. The third kappa shape index (κ3) is 10.2. The van der Waals surface area contributed by atoms with Crippen molar-refractivity contribution in [2.45, 2.75) is 110 Å². The zero-order chi connectivity index (χ0) is 15.9. The number of carbonyl (C=O) groups excluding carboxylic acids is 1. The Bertz CT molecular complexity index is 256. The minimum atomic E-state index is 0.415. The van der Waals surface area contributed by atoms with Crippen molar-refractivity contribution in [3.8, 4) is 0 Å². The molecule has 1 saturated heterocycles. The number of amides is 1. The second-order valence-electron chi connectivity index (χ2n) is 7.08. The SMILES string of the molecule is CCCCCCCCCCCCCC(=O)N1CCCCCC1. The van der Waals surface area contributed by atoms with E-state index in [0.29, 0.717) is 5.91 Å². The van der Waals surface area contributed by atoms with Crippen LogP contribution in [0.5, 0.6) is 0 Å². The highest BCUT2D eigenvalue weighted by atomic mass is 16.2. The summed E-state index contributed by atoms with van der Waals surface area (Å²) in [5.74, 6) is 0.415. The fourth-order valence-corrected chi connectivity index (χ4v) is 3.42. The average molecular weight is 310 g/mol. The molecule has 0 aromatic carbocycles. The predicted octanol–water partition coefficient (Wildman–Crippen LogP) is 6.09. The van der Waals surface area contributed by atoms with Gasteiger partial charge in [0.05, 0.1) is 0 Å². The molecule has 0 spiro atoms. The van der Waals surface area contributed by atoms with Gasteiger partial charge in [0.2, 0.25) is 5.91 Å². The van der Waals surface area contributed by atoms with E-state index in [0.717, 1.165) is 25.9 Å². The van der Waals surface area contributed by atoms with Crippen molar-refractivity contribution in [2.75, 3.05) is 13.1 Å². The fraction of sp³-hybridized carbons (Fsp3) is 0.950. The van der Waals surface area contributed by atoms with Crippen LogP contribution in [0.25, 0.3) is 0 Å². The lowest BCUT2D eigenvalue weighted by Gasteiger charge is -2.20. The van der Waals surface area contributed by atoms with Gasteiger partial charge in [-0.25, -0.2) is 0 Å². The van der Waals surface area contributed by atoms with Crippen molar-refractivity contribution >= 4 is 5.91 Å². The van der Waals surface area contributed by atoms with Crippen LogP contribution >= 0.6 is 0 Å². The Morgan fingerprint density at radius 2 is 1.14 bits per heavy atom. The largest absolute Gasteiger partial charge is 0.343 e. The monoisotopic (exact) mass is 309 g/mol. The zero-order valence-electron chi connectivity index (χ0n) is 15.1. The van der Waals surface area contributed by atoms with Gasteiger partial charge in [-0.15, -0.1) is 0 Å². The lowest BCUT2D eigenvalue weighted by molar-refractivity contribution is -0.131. The van der Waals surface area contributed by atoms with Crippen molar-refractivity contribution in [3.63, 3.8) is 0 Å². The van der Waals surface area contributed by atoms with Crippen molar-refractivity contribution in [1.29, 1.82) is 0 Å². The third-order valence-electron chi connectivity index (χ3n) is 4.95. The fourth-order valence-electron chi connectivity index (χ4n) is 3.42. The molecule has 0 aliphatic carbocycles. The van der Waals surface area contributed by atoms with Crippen molar-refractivity contribution in [3.05, 3.63) is 0 Å². The highest BCUT2D eigenvalue weighted by molar-refractivity contribution is 5.76. The maximum absolute atomic E-state index is 12.1. The summed E-state index contributed by atoms with van der Waals surface area (Å²) < 4.78 is 0. The molecular weight excluding hydrogens is 270 g/mol. The van der Waals surface area contributed by atoms with Gasteiger partial charge in [0.1, 0.15) is 0 Å². The van der Waals surface area contributed by atoms with Crippen LogP contribution < -0.4 is 0 Å². The van der Waals surface area contributed by atoms with Gasteiger partial charge in [0.25, 0.3) is 0 Å². The second kappa shape index (κ2) is 14.1. The predicted molar refractivity (Wildman–Crippen MR) is 96.1 cm³/mol. The summed E-state index contributed by atoms with van der Waals surface area (Å²) in [6, 6.07) is 0. The van der Waals surface area contributed by atoms with Gasteiger partial charge >= 0.3 is 0 Å². The molecule has 0 unspecified atom stereocenters. The molecule has 1 fully saturated rings. The molecule has 0 N–H and O–H groups in total. The summed E-state index contributed by atoms with van der Waals surface area (Å²) in [6.07, 6.45) is 20.7. The molecule has 1 rings (SSSR count). The van der Waals surface area contributed by atoms with Crippen molar-refractivity contribution in [1.82, 2.24) is 4.90 Å². The molecule has 0 saturated carbocycles. The minimum absolute atomic E-state index is 0.415. The maximum atomic E-state index is 12.1. The molecule has 0 aromatic rings. The van der Waals surface area contributed by atoms with E-state index in [1.807, 2.05) is 0 Å². The van der Waals surface area contributed by atoms with Crippen LogP contribution in [-0.2, 0) is 4.79 Å². The first-order valence-electron chi connectivity index (χ1n) is 10.1. The second-order valence-corrected chi connectivity index (χ2v) is 7.08. The topological polar surface area (TPSA) is 20.3 Å². The van der Waals surface area contributed by atoms with Gasteiger partial charge in [-0.1, -0.05) is 84.0 Å². The van der Waals surface area contributed by atoms with Crippen LogP contribution in [0.4, 0.5) is 0 Å². The van der Waals surface area contributed by atoms with Gasteiger partial charge in [0.15, 0.2) is 0 Å². The summed E-state index contributed by atoms with van der Waals surface area (Å²) in [5.41, 5.74) is 0. The number of likely N-dealkylation sites (tertiary alicyclic amines) is 1. The molecule has 2 heteroatoms. The molecule has 0 atom stereocenters. The standard InChI is InChI=1S/C20H39NO/c1-2-3-4-5-6-7-8-9-10-11-14-17-20(22)21-18-15-12-13-16-19-21/h2-19H2,1H3. The molecule has 1 heterocycles. The summed E-state index contributed by atoms with van der Waals surface area (Å²) in [5, 5.41) is 0. The average Bonchev–Trinajstić information content (AvgIpc) is 2.81. The molecular formula is C20H39NO. The first-order chi connectivity index (χ1) is 10.8. The van der Waals surface area contributed by atoms with Crippen LogP contribution in [0.1, 0.15) is 110 Å². The quantitative estimate of drug-likeness (QED) is 0.399. The number of hydrogen-bond donors (Lipinski definition) is 0. The number of hydrogen-bond acceptors (Lipinski definition) is 1. The van der Waals surface area contributed by atoms with Crippen molar-refractivity contribution < 1.29 is 4.79 Å². The summed E-state index contributed by atoms with van der Waals surface area (Å²) >= 11 is 0. The van der Waals surface area contributed by atoms with E-state index >= 15 is 0 Å². The summed E-state index contributed by atoms with van der Waals surface area (Å²) in [6.45, 7) is 4.30. The van der Waals surface area contributed by atoms with Crippen LogP contribution in [-0.4, -0.2) is 23.9 Å². The van der Waals surface area contributed by atoms with Gasteiger partial charge in [-0.2, -0.15) is 0 Å². The van der Waals surface area contributed by atoms with E-state index < -0.39 is 0 Å². The van der Waals surface area contributed by atoms with Gasteiger partial charge < -0.3 is 4.90 Å². The highest BCUT2D eigenvalue weighted by Gasteiger charge is 2.14. The van der Waals surface area contributed by atoms with Crippen LogP contribution in [0.15, 0.2) is 0 Å². The molecule has 1 amide bonds. The van der Waals surface area contributed by atoms with E-state index in [1.165, 1.54) is 89.9 Å². The smallest absolute Gasteiger partial charge is 0.222 e. The zero-order valence-corrected chi connectivity index (χ0v) is 15.1. The van der Waals surface area contributed by atoms with Crippen LogP contribution in [0.2, 0.25) is 0 Å². The Morgan fingerprint density at radius 3 is 1.64 bits per heavy atom. The lowest BCUT2D eigenvalue weighted by atomic mass is 10.1. The lowest BCUT2D eigenvalue weighted by Crippen LogP contribution is -2.31. The Labute approximate surface area is 139 Å². The van der Waals surface area contributed by atoms with E-state index in [1.54, 1.807) is 0 Å². The number of nitrogens with zero attached hydrogens (tertiary/aromatic N) is 1.